The number of anilines is 1. The van der Waals surface area contributed by atoms with Crippen LogP contribution in [0, 0.1) is 6.92 Å². The van der Waals surface area contributed by atoms with E-state index in [4.69, 9.17) is 0 Å². The first kappa shape index (κ1) is 21.7. The van der Waals surface area contributed by atoms with Gasteiger partial charge in [0.25, 0.3) is 15.9 Å². The van der Waals surface area contributed by atoms with Crippen LogP contribution in [0.5, 0.6) is 0 Å². The summed E-state index contributed by atoms with van der Waals surface area (Å²) >= 11 is 1.43. The number of carbonyl (C=O) groups excluding carboxylic acids is 1. The second kappa shape index (κ2) is 8.94. The maximum absolute atomic E-state index is 12.8. The van der Waals surface area contributed by atoms with Crippen molar-refractivity contribution in [3.8, 4) is 0 Å². The molecule has 0 saturated heterocycles. The van der Waals surface area contributed by atoms with E-state index in [0.717, 1.165) is 15.8 Å². The van der Waals surface area contributed by atoms with Crippen molar-refractivity contribution >= 4 is 43.2 Å². The first-order valence-corrected chi connectivity index (χ1v) is 12.2. The molecule has 1 amide bonds. The van der Waals surface area contributed by atoms with Crippen molar-refractivity contribution in [3.63, 3.8) is 0 Å². The minimum absolute atomic E-state index is 0.176. The van der Waals surface area contributed by atoms with Crippen LogP contribution in [0.15, 0.2) is 95.3 Å². The number of aromatic nitrogens is 1. The zero-order chi connectivity index (χ0) is 22.7. The van der Waals surface area contributed by atoms with Crippen molar-refractivity contribution in [2.75, 3.05) is 4.72 Å². The monoisotopic (exact) mass is 463 g/mol. The number of hydrogen-bond acceptors (Lipinski definition) is 4. The summed E-state index contributed by atoms with van der Waals surface area (Å²) in [5.74, 6) is -0.401. The standard InChI is InChI=1S/C24H21N3O3S2/c1-3-16-27-21-6-4-5-7-22(21)31-24(27)25-23(28)18-10-12-19(13-11-18)26-32(29,30)20-14-8-17(2)9-15-20/h3-15,26H,1,16H2,2H3. The molecule has 8 heteroatoms. The highest BCUT2D eigenvalue weighted by Crippen LogP contribution is 2.19. The van der Waals surface area contributed by atoms with Crippen LogP contribution in [0.2, 0.25) is 0 Å². The molecule has 0 bridgehead atoms. The predicted octanol–water partition coefficient (Wildman–Crippen LogP) is 4.74. The van der Waals surface area contributed by atoms with Gasteiger partial charge in [-0.1, -0.05) is 47.2 Å². The van der Waals surface area contributed by atoms with Crippen LogP contribution in [-0.2, 0) is 16.6 Å². The summed E-state index contributed by atoms with van der Waals surface area (Å²) in [4.78, 5) is 17.8. The number of benzene rings is 3. The molecule has 0 radical (unpaired) electrons. The average molecular weight is 464 g/mol. The Hall–Kier alpha value is -3.49. The molecule has 32 heavy (non-hydrogen) atoms. The molecule has 1 N–H and O–H groups in total. The van der Waals surface area contributed by atoms with Gasteiger partial charge in [-0.2, -0.15) is 4.99 Å². The Bertz CT molecular complexity index is 1460. The van der Waals surface area contributed by atoms with Gasteiger partial charge in [-0.05, 0) is 55.5 Å². The van der Waals surface area contributed by atoms with Crippen LogP contribution < -0.4 is 9.52 Å². The quantitative estimate of drug-likeness (QED) is 0.420. The minimum Gasteiger partial charge on any atom is -0.312 e. The number of para-hydroxylation sites is 1. The topological polar surface area (TPSA) is 80.5 Å². The van der Waals surface area contributed by atoms with Crippen LogP contribution in [0.4, 0.5) is 5.69 Å². The number of carbonyl (C=O) groups is 1. The fourth-order valence-corrected chi connectivity index (χ4v) is 5.27. The highest BCUT2D eigenvalue weighted by molar-refractivity contribution is 7.92. The summed E-state index contributed by atoms with van der Waals surface area (Å²) in [5.41, 5.74) is 2.70. The lowest BCUT2D eigenvalue weighted by molar-refractivity contribution is 0.0998. The number of nitrogens with zero attached hydrogens (tertiary/aromatic N) is 2. The Kier molecular flexibility index (Phi) is 6.07. The third-order valence-corrected chi connectivity index (χ3v) is 7.27. The highest BCUT2D eigenvalue weighted by Gasteiger charge is 2.14. The van der Waals surface area contributed by atoms with Crippen LogP contribution in [-0.4, -0.2) is 18.9 Å². The van der Waals surface area contributed by atoms with Gasteiger partial charge in [-0.25, -0.2) is 8.42 Å². The van der Waals surface area contributed by atoms with Crippen molar-refractivity contribution in [2.24, 2.45) is 4.99 Å². The summed E-state index contributed by atoms with van der Waals surface area (Å²) in [5, 5.41) is 0. The molecule has 0 fully saturated rings. The number of sulfonamides is 1. The second-order valence-electron chi connectivity index (χ2n) is 7.16. The number of hydrogen-bond donors (Lipinski definition) is 1. The van der Waals surface area contributed by atoms with Crippen molar-refractivity contribution in [1.82, 2.24) is 4.57 Å². The van der Waals surface area contributed by atoms with Gasteiger partial charge in [0.15, 0.2) is 4.80 Å². The molecule has 1 aromatic heterocycles. The summed E-state index contributed by atoms with van der Waals surface area (Å²) in [6.45, 7) is 6.22. The molecule has 4 rings (SSSR count). The molecule has 6 nitrogen and oxygen atoms in total. The number of thiazole rings is 1. The van der Waals surface area contributed by atoms with Gasteiger partial charge in [0.1, 0.15) is 0 Å². The average Bonchev–Trinajstić information content (AvgIpc) is 3.11. The summed E-state index contributed by atoms with van der Waals surface area (Å²) in [7, 11) is -3.71. The SMILES string of the molecule is C=CCn1c(=NC(=O)c2ccc(NS(=O)(=O)c3ccc(C)cc3)cc2)sc2ccccc21. The lowest BCUT2D eigenvalue weighted by Gasteiger charge is -2.08. The van der Waals surface area contributed by atoms with Crippen molar-refractivity contribution in [2.45, 2.75) is 18.4 Å². The van der Waals surface area contributed by atoms with Crippen LogP contribution in [0.1, 0.15) is 15.9 Å². The number of rotatable bonds is 6. The molecule has 162 valence electrons. The Balaban J connectivity index is 1.59. The van der Waals surface area contributed by atoms with Crippen LogP contribution in [0.3, 0.4) is 0 Å². The van der Waals surface area contributed by atoms with E-state index < -0.39 is 15.9 Å². The van der Waals surface area contributed by atoms with Gasteiger partial charge in [-0.3, -0.25) is 9.52 Å². The van der Waals surface area contributed by atoms with Crippen molar-refractivity contribution in [1.29, 1.82) is 0 Å². The molecule has 0 aliphatic heterocycles. The van der Waals surface area contributed by atoms with Gasteiger partial charge >= 0.3 is 0 Å². The summed E-state index contributed by atoms with van der Waals surface area (Å²) in [6, 6.07) is 20.7. The molecule has 0 atom stereocenters. The van der Waals surface area contributed by atoms with Gasteiger partial charge in [-0.15, -0.1) is 6.58 Å². The third kappa shape index (κ3) is 4.56. The number of amides is 1. The molecule has 0 aliphatic rings. The number of allylic oxidation sites excluding steroid dienone is 1. The third-order valence-electron chi connectivity index (χ3n) is 4.81. The maximum Gasteiger partial charge on any atom is 0.279 e. The van der Waals surface area contributed by atoms with Gasteiger partial charge in [0.2, 0.25) is 0 Å². The minimum atomic E-state index is -3.71. The van der Waals surface area contributed by atoms with Crippen LogP contribution >= 0.6 is 11.3 Å². The van der Waals surface area contributed by atoms with E-state index in [2.05, 4.69) is 16.3 Å². The van der Waals surface area contributed by atoms with E-state index in [1.165, 1.54) is 11.3 Å². The number of aryl methyl sites for hydroxylation is 1. The molecule has 0 unspecified atom stereocenters. The first-order valence-electron chi connectivity index (χ1n) is 9.85. The number of fused-ring (bicyclic) bond motifs is 1. The molecule has 3 aromatic carbocycles. The normalized spacial score (nSPS) is 12.1. The highest BCUT2D eigenvalue weighted by atomic mass is 32.2. The predicted molar refractivity (Wildman–Crippen MR) is 128 cm³/mol. The van der Waals surface area contributed by atoms with E-state index in [1.807, 2.05) is 35.8 Å². The Labute approximate surface area is 190 Å². The fraction of sp³-hybridized carbons (Fsp3) is 0.0833. The van der Waals surface area contributed by atoms with Gasteiger partial charge < -0.3 is 4.57 Å². The molecular weight excluding hydrogens is 442 g/mol. The van der Waals surface area contributed by atoms with E-state index in [9.17, 15) is 13.2 Å². The second-order valence-corrected chi connectivity index (χ2v) is 9.86. The summed E-state index contributed by atoms with van der Waals surface area (Å²) < 4.78 is 30.6. The van der Waals surface area contributed by atoms with E-state index >= 15 is 0 Å². The molecule has 0 spiro atoms. The van der Waals surface area contributed by atoms with Crippen LogP contribution in [0.25, 0.3) is 10.2 Å². The fourth-order valence-electron chi connectivity index (χ4n) is 3.18. The summed E-state index contributed by atoms with van der Waals surface area (Å²) in [6.07, 6.45) is 1.76. The molecule has 0 aliphatic carbocycles. The van der Waals surface area contributed by atoms with E-state index in [-0.39, 0.29) is 4.90 Å². The van der Waals surface area contributed by atoms with Crippen molar-refractivity contribution < 1.29 is 13.2 Å². The first-order chi connectivity index (χ1) is 15.4. The van der Waals surface area contributed by atoms with Crippen molar-refractivity contribution in [3.05, 3.63) is 101 Å². The zero-order valence-electron chi connectivity index (χ0n) is 17.4. The molecule has 1 heterocycles. The lowest BCUT2D eigenvalue weighted by atomic mass is 10.2. The zero-order valence-corrected chi connectivity index (χ0v) is 19.0. The molecular formula is C24H21N3O3S2. The Morgan fingerprint density at radius 2 is 1.75 bits per heavy atom. The van der Waals surface area contributed by atoms with E-state index in [1.54, 1.807) is 54.6 Å². The molecule has 0 saturated carbocycles. The lowest BCUT2D eigenvalue weighted by Crippen LogP contribution is -2.16. The van der Waals surface area contributed by atoms with Gasteiger partial charge in [0.05, 0.1) is 15.1 Å². The number of nitrogens with one attached hydrogen (secondary N) is 1. The smallest absolute Gasteiger partial charge is 0.279 e. The molecule has 4 aromatic rings. The maximum atomic E-state index is 12.8. The van der Waals surface area contributed by atoms with Gasteiger partial charge in [0, 0.05) is 17.8 Å². The largest absolute Gasteiger partial charge is 0.312 e. The van der Waals surface area contributed by atoms with E-state index in [0.29, 0.717) is 22.6 Å². The Morgan fingerprint density at radius 3 is 2.44 bits per heavy atom. The Morgan fingerprint density at radius 1 is 1.06 bits per heavy atom.